The zero-order valence-electron chi connectivity index (χ0n) is 28.4. The Hall–Kier alpha value is -5.42. The summed E-state index contributed by atoms with van der Waals surface area (Å²) in [5.41, 5.74) is -2.27. The second-order valence-electron chi connectivity index (χ2n) is 12.7. The molecule has 0 saturated carbocycles. The standard InChI is InChI=1S/C32H41F3N6O9/c1-30(2,3)49-28(46)39-26(40-29(47)50-31(4,5)6)36-16-10-14-21(24(43)32(33,34)35)37-23(42)18-41-17-11-15-22(25(41)44)38-27(45)48-19-20-12-8-7-9-13-20/h7-9,11-13,15,17,21H,10,14,16,18-19H2,1-6H3,(H,37,42)(H,38,45)(H2,36,39,40,46,47). The molecule has 18 heteroatoms. The number of ether oxygens (including phenoxy) is 3. The van der Waals surface area contributed by atoms with Crippen LogP contribution in [-0.4, -0.2) is 70.5 Å². The van der Waals surface area contributed by atoms with Crippen LogP contribution in [0.5, 0.6) is 0 Å². The number of pyridine rings is 1. The Labute approximate surface area is 285 Å². The Morgan fingerprint density at radius 1 is 0.840 bits per heavy atom. The van der Waals surface area contributed by atoms with Gasteiger partial charge in [-0.1, -0.05) is 30.3 Å². The van der Waals surface area contributed by atoms with Gasteiger partial charge in [-0.2, -0.15) is 13.2 Å². The van der Waals surface area contributed by atoms with E-state index in [-0.39, 0.29) is 25.3 Å². The Kier molecular flexibility index (Phi) is 14.5. The van der Waals surface area contributed by atoms with E-state index in [1.165, 1.54) is 12.1 Å². The highest BCUT2D eigenvalue weighted by Crippen LogP contribution is 2.20. The predicted molar refractivity (Wildman–Crippen MR) is 174 cm³/mol. The summed E-state index contributed by atoms with van der Waals surface area (Å²) in [4.78, 5) is 78.5. The van der Waals surface area contributed by atoms with Crippen molar-refractivity contribution < 1.29 is 51.4 Å². The summed E-state index contributed by atoms with van der Waals surface area (Å²) < 4.78 is 56.4. The van der Waals surface area contributed by atoms with Crippen molar-refractivity contribution in [3.8, 4) is 0 Å². The van der Waals surface area contributed by atoms with Gasteiger partial charge in [0.05, 0.1) is 6.04 Å². The van der Waals surface area contributed by atoms with Crippen molar-refractivity contribution in [2.75, 3.05) is 11.9 Å². The number of aromatic nitrogens is 1. The van der Waals surface area contributed by atoms with Gasteiger partial charge < -0.3 is 24.1 Å². The predicted octanol–water partition coefficient (Wildman–Crippen LogP) is 4.40. The number of guanidine groups is 1. The van der Waals surface area contributed by atoms with Crippen molar-refractivity contribution in [1.29, 1.82) is 0 Å². The molecule has 0 aliphatic heterocycles. The van der Waals surface area contributed by atoms with Crippen LogP contribution in [0, 0.1) is 0 Å². The number of amides is 4. The number of carbonyl (C=O) groups is 5. The average Bonchev–Trinajstić information content (AvgIpc) is 2.97. The molecule has 0 bridgehead atoms. The maximum atomic E-state index is 13.4. The summed E-state index contributed by atoms with van der Waals surface area (Å²) in [6.07, 6.45) is -7.92. The van der Waals surface area contributed by atoms with Crippen LogP contribution < -0.4 is 26.8 Å². The lowest BCUT2D eigenvalue weighted by Crippen LogP contribution is -2.48. The van der Waals surface area contributed by atoms with Crippen molar-refractivity contribution in [3.63, 3.8) is 0 Å². The second-order valence-corrected chi connectivity index (χ2v) is 12.7. The normalized spacial score (nSPS) is 12.1. The highest BCUT2D eigenvalue weighted by molar-refractivity contribution is 6.01. The molecular formula is C32H41F3N6O9. The van der Waals surface area contributed by atoms with Gasteiger partial charge in [0.1, 0.15) is 30.0 Å². The van der Waals surface area contributed by atoms with E-state index in [1.54, 1.807) is 71.9 Å². The number of Topliss-reactive ketones (excluding diaryl/α,β-unsaturated/α-hetero) is 1. The van der Waals surface area contributed by atoms with Crippen LogP contribution in [0.25, 0.3) is 0 Å². The minimum atomic E-state index is -5.32. The van der Waals surface area contributed by atoms with Crippen molar-refractivity contribution in [2.24, 2.45) is 4.99 Å². The van der Waals surface area contributed by atoms with E-state index >= 15 is 0 Å². The molecule has 2 aromatic rings. The molecule has 1 atom stereocenters. The number of aliphatic imine (C=N–C) groups is 1. The van der Waals surface area contributed by atoms with Crippen molar-refractivity contribution in [3.05, 3.63) is 64.6 Å². The third-order valence-corrected chi connectivity index (χ3v) is 5.87. The lowest BCUT2D eigenvalue weighted by molar-refractivity contribution is -0.174. The molecule has 4 N–H and O–H groups in total. The number of hydrogen-bond acceptors (Lipinski definition) is 10. The molecule has 0 radical (unpaired) electrons. The van der Waals surface area contributed by atoms with Crippen molar-refractivity contribution in [2.45, 2.75) is 91.0 Å². The van der Waals surface area contributed by atoms with E-state index in [0.717, 1.165) is 10.8 Å². The SMILES string of the molecule is CC(C)(C)OC(=O)NC(=NCCCC(NC(=O)Cn1cccc(NC(=O)OCc2ccccc2)c1=O)C(=O)C(F)(F)F)NC(=O)OC(C)(C)C. The maximum absolute atomic E-state index is 13.4. The molecule has 1 heterocycles. The topological polar surface area (TPSA) is 196 Å². The van der Waals surface area contributed by atoms with Crippen LogP contribution in [0.3, 0.4) is 0 Å². The van der Waals surface area contributed by atoms with Crippen LogP contribution in [-0.2, 0) is 37.0 Å². The number of nitrogens with one attached hydrogen (secondary N) is 4. The van der Waals surface area contributed by atoms with Gasteiger partial charge in [0.25, 0.3) is 11.3 Å². The zero-order valence-corrected chi connectivity index (χ0v) is 28.4. The van der Waals surface area contributed by atoms with Gasteiger partial charge in [0, 0.05) is 12.7 Å². The van der Waals surface area contributed by atoms with Gasteiger partial charge in [0.2, 0.25) is 11.9 Å². The number of hydrogen-bond donors (Lipinski definition) is 4. The lowest BCUT2D eigenvalue weighted by Gasteiger charge is -2.22. The summed E-state index contributed by atoms with van der Waals surface area (Å²) in [6, 6.07) is 9.18. The largest absolute Gasteiger partial charge is 0.452 e. The smallest absolute Gasteiger partial charge is 0.444 e. The van der Waals surface area contributed by atoms with E-state index in [0.29, 0.717) is 5.56 Å². The molecule has 15 nitrogen and oxygen atoms in total. The number of ketones is 1. The van der Waals surface area contributed by atoms with Crippen LogP contribution in [0.2, 0.25) is 0 Å². The third-order valence-electron chi connectivity index (χ3n) is 5.87. The van der Waals surface area contributed by atoms with Gasteiger partial charge in [-0.05, 0) is 72.1 Å². The molecule has 0 saturated heterocycles. The van der Waals surface area contributed by atoms with Crippen molar-refractivity contribution in [1.82, 2.24) is 20.5 Å². The molecule has 0 fully saturated rings. The molecule has 0 aliphatic rings. The minimum Gasteiger partial charge on any atom is -0.444 e. The minimum absolute atomic E-state index is 0.0855. The Morgan fingerprint density at radius 2 is 1.42 bits per heavy atom. The molecular weight excluding hydrogens is 669 g/mol. The monoisotopic (exact) mass is 710 g/mol. The first-order chi connectivity index (χ1) is 23.1. The summed E-state index contributed by atoms with van der Waals surface area (Å²) in [7, 11) is 0. The number of halogens is 3. The molecule has 1 aromatic carbocycles. The number of anilines is 1. The first-order valence-corrected chi connectivity index (χ1v) is 15.2. The van der Waals surface area contributed by atoms with Gasteiger partial charge in [0.15, 0.2) is 0 Å². The molecule has 2 rings (SSSR count). The Morgan fingerprint density at radius 3 is 1.96 bits per heavy atom. The highest BCUT2D eigenvalue weighted by atomic mass is 19.4. The van der Waals surface area contributed by atoms with Gasteiger partial charge >= 0.3 is 24.5 Å². The third kappa shape index (κ3) is 15.7. The van der Waals surface area contributed by atoms with Crippen LogP contribution in [0.15, 0.2) is 58.4 Å². The zero-order chi connectivity index (χ0) is 37.7. The molecule has 0 aliphatic carbocycles. The fourth-order valence-electron chi connectivity index (χ4n) is 3.88. The Balaban J connectivity index is 2.10. The number of rotatable bonds is 11. The van der Waals surface area contributed by atoms with E-state index in [4.69, 9.17) is 14.2 Å². The van der Waals surface area contributed by atoms with Gasteiger partial charge in [-0.3, -0.25) is 35.3 Å². The molecule has 50 heavy (non-hydrogen) atoms. The fraction of sp³-hybridized carbons (Fsp3) is 0.469. The fourth-order valence-corrected chi connectivity index (χ4v) is 3.88. The number of benzene rings is 1. The number of carbonyl (C=O) groups excluding carboxylic acids is 5. The second kappa shape index (κ2) is 17.8. The first kappa shape index (κ1) is 40.8. The quantitative estimate of drug-likeness (QED) is 0.113. The van der Waals surface area contributed by atoms with Gasteiger partial charge in [-0.25, -0.2) is 14.4 Å². The van der Waals surface area contributed by atoms with E-state index in [2.05, 4.69) is 20.9 Å². The molecule has 4 amide bonds. The van der Waals surface area contributed by atoms with Crippen LogP contribution in [0.1, 0.15) is 59.9 Å². The molecule has 274 valence electrons. The van der Waals surface area contributed by atoms with E-state index in [9.17, 15) is 41.9 Å². The van der Waals surface area contributed by atoms with E-state index < -0.39 is 77.9 Å². The van der Waals surface area contributed by atoms with Crippen LogP contribution in [0.4, 0.5) is 33.2 Å². The Bertz CT molecular complexity index is 1570. The lowest BCUT2D eigenvalue weighted by atomic mass is 10.1. The number of nitrogens with zero attached hydrogens (tertiary/aromatic N) is 2. The summed E-state index contributed by atoms with van der Waals surface area (Å²) in [5.74, 6) is -3.80. The molecule has 0 spiro atoms. The summed E-state index contributed by atoms with van der Waals surface area (Å²) in [5, 5.41) is 8.68. The van der Waals surface area contributed by atoms with Crippen LogP contribution >= 0.6 is 0 Å². The number of alkyl carbamates (subject to hydrolysis) is 2. The average molecular weight is 711 g/mol. The highest BCUT2D eigenvalue weighted by Gasteiger charge is 2.43. The summed E-state index contributed by atoms with van der Waals surface area (Å²) in [6.45, 7) is 8.32. The molecule has 1 unspecified atom stereocenters. The maximum Gasteiger partial charge on any atom is 0.452 e. The van der Waals surface area contributed by atoms with E-state index in [1.807, 2.05) is 5.32 Å². The first-order valence-electron chi connectivity index (χ1n) is 15.2. The van der Waals surface area contributed by atoms with Gasteiger partial charge in [-0.15, -0.1) is 0 Å². The molecule has 1 aromatic heterocycles. The number of alkyl halides is 3. The van der Waals surface area contributed by atoms with Crippen molar-refractivity contribution >= 4 is 41.6 Å². The summed E-state index contributed by atoms with van der Waals surface area (Å²) >= 11 is 0.